The van der Waals surface area contributed by atoms with Crippen molar-refractivity contribution in [3.05, 3.63) is 0 Å². The van der Waals surface area contributed by atoms with Gasteiger partial charge in [0.1, 0.15) is 5.25 Å². The minimum Gasteiger partial charge on any atom is -0.465 e. The molecule has 0 heterocycles. The molecule has 0 aliphatic rings. The first kappa shape index (κ1) is 10.1. The molecule has 0 aliphatic carbocycles. The Balaban J connectivity index is 3.49. The van der Waals surface area contributed by atoms with E-state index in [0.717, 1.165) is 0 Å². The summed E-state index contributed by atoms with van der Waals surface area (Å²) < 4.78 is 4.74. The molecule has 0 bridgehead atoms. The van der Waals surface area contributed by atoms with Crippen molar-refractivity contribution in [2.75, 3.05) is 11.8 Å². The molecule has 10 heavy (non-hydrogen) atoms. The molecule has 0 fully saturated rings. The Morgan fingerprint density at radius 3 is 2.80 bits per heavy atom. The van der Waals surface area contributed by atoms with E-state index in [4.69, 9.17) is 16.3 Å². The zero-order valence-electron chi connectivity index (χ0n) is 6.09. The lowest BCUT2D eigenvalue weighted by atomic mass is 10.5. The first-order valence-corrected chi connectivity index (χ1v) is 4.64. The number of thioether (sulfide) groups is 1. The normalized spacial score (nSPS) is 12.7. The number of carbonyl (C=O) groups is 1. The van der Waals surface area contributed by atoms with Gasteiger partial charge in [-0.1, -0.05) is 0 Å². The molecule has 0 aromatic rings. The van der Waals surface area contributed by atoms with Crippen molar-refractivity contribution in [3.63, 3.8) is 0 Å². The van der Waals surface area contributed by atoms with Crippen LogP contribution in [0.3, 0.4) is 0 Å². The van der Waals surface area contributed by atoms with Crippen molar-refractivity contribution in [2.24, 2.45) is 0 Å². The van der Waals surface area contributed by atoms with E-state index >= 15 is 0 Å². The van der Waals surface area contributed by atoms with Crippen LogP contribution in [0.25, 0.3) is 0 Å². The summed E-state index contributed by atoms with van der Waals surface area (Å²) in [6, 6.07) is 0. The average Bonchev–Trinajstić information content (AvgIpc) is 1.89. The van der Waals surface area contributed by atoms with Crippen LogP contribution >= 0.6 is 23.4 Å². The monoisotopic (exact) mass is 182 g/mol. The second-order valence-corrected chi connectivity index (χ2v) is 3.58. The Hall–Kier alpha value is 0.110. The fourth-order valence-corrected chi connectivity index (χ4v) is 1.38. The predicted molar refractivity (Wildman–Crippen MR) is 44.4 cm³/mol. The summed E-state index contributed by atoms with van der Waals surface area (Å²) in [5.74, 6) is -0.187. The Bertz CT molecular complexity index is 108. The Morgan fingerprint density at radius 1 is 1.80 bits per heavy atom. The molecule has 0 saturated carbocycles. The molecule has 0 aromatic heterocycles. The fraction of sp³-hybridized carbons (Fsp3) is 0.833. The number of rotatable bonds is 4. The molecule has 4 heteroatoms. The van der Waals surface area contributed by atoms with Crippen molar-refractivity contribution >= 4 is 29.3 Å². The molecular weight excluding hydrogens is 172 g/mol. The molecule has 0 aliphatic heterocycles. The highest BCUT2D eigenvalue weighted by Gasteiger charge is 2.12. The number of carbonyl (C=O) groups excluding carboxylic acids is 1. The van der Waals surface area contributed by atoms with Crippen LogP contribution in [0.1, 0.15) is 13.8 Å². The molecule has 0 saturated heterocycles. The zero-order valence-corrected chi connectivity index (χ0v) is 7.67. The number of ether oxygens (including phenoxy) is 1. The van der Waals surface area contributed by atoms with Gasteiger partial charge >= 0.3 is 5.97 Å². The molecule has 2 nitrogen and oxygen atoms in total. The average molecular weight is 183 g/mol. The lowest BCUT2D eigenvalue weighted by molar-refractivity contribution is -0.142. The van der Waals surface area contributed by atoms with E-state index < -0.39 is 0 Å². The number of alkyl halides is 1. The van der Waals surface area contributed by atoms with Crippen molar-refractivity contribution in [2.45, 2.75) is 19.1 Å². The van der Waals surface area contributed by atoms with Crippen LogP contribution < -0.4 is 0 Å². The van der Waals surface area contributed by atoms with E-state index in [1.54, 1.807) is 13.8 Å². The standard InChI is InChI=1S/C6H11ClO2S/c1-3-9-6(8)5(2)10-4-7/h5H,3-4H2,1-2H3. The van der Waals surface area contributed by atoms with Gasteiger partial charge in [0.15, 0.2) is 0 Å². The molecule has 1 unspecified atom stereocenters. The van der Waals surface area contributed by atoms with Gasteiger partial charge in [0.05, 0.1) is 11.8 Å². The van der Waals surface area contributed by atoms with Crippen LogP contribution in [-0.2, 0) is 9.53 Å². The van der Waals surface area contributed by atoms with Gasteiger partial charge in [0, 0.05) is 0 Å². The lowest BCUT2D eigenvalue weighted by Gasteiger charge is -2.06. The maximum atomic E-state index is 10.8. The van der Waals surface area contributed by atoms with Crippen LogP contribution in [0.5, 0.6) is 0 Å². The summed E-state index contributed by atoms with van der Waals surface area (Å²) in [6.07, 6.45) is 0. The smallest absolute Gasteiger partial charge is 0.318 e. The highest BCUT2D eigenvalue weighted by molar-refractivity contribution is 8.01. The largest absolute Gasteiger partial charge is 0.465 e. The molecule has 60 valence electrons. The van der Waals surface area contributed by atoms with Crippen LogP contribution in [0, 0.1) is 0 Å². The lowest BCUT2D eigenvalue weighted by Crippen LogP contribution is -2.16. The quantitative estimate of drug-likeness (QED) is 0.491. The van der Waals surface area contributed by atoms with Gasteiger partial charge in [-0.05, 0) is 13.8 Å². The van der Waals surface area contributed by atoms with Crippen molar-refractivity contribution in [1.29, 1.82) is 0 Å². The van der Waals surface area contributed by atoms with Crippen LogP contribution in [0.4, 0.5) is 0 Å². The molecule has 0 N–H and O–H groups in total. The van der Waals surface area contributed by atoms with Crippen LogP contribution in [0.2, 0.25) is 0 Å². The van der Waals surface area contributed by atoms with E-state index in [0.29, 0.717) is 11.8 Å². The summed E-state index contributed by atoms with van der Waals surface area (Å²) >= 11 is 6.77. The fourth-order valence-electron chi connectivity index (χ4n) is 0.422. The van der Waals surface area contributed by atoms with Crippen LogP contribution in [0.15, 0.2) is 0 Å². The van der Waals surface area contributed by atoms with Crippen molar-refractivity contribution < 1.29 is 9.53 Å². The Labute approximate surface area is 70.3 Å². The first-order valence-electron chi connectivity index (χ1n) is 3.06. The molecular formula is C6H11ClO2S. The van der Waals surface area contributed by atoms with Gasteiger partial charge in [0.2, 0.25) is 0 Å². The minimum absolute atomic E-state index is 0.141. The van der Waals surface area contributed by atoms with E-state index in [-0.39, 0.29) is 11.2 Å². The van der Waals surface area contributed by atoms with Crippen molar-refractivity contribution in [1.82, 2.24) is 0 Å². The summed E-state index contributed by atoms with van der Waals surface area (Å²) in [6.45, 7) is 4.01. The van der Waals surface area contributed by atoms with Gasteiger partial charge in [-0.2, -0.15) is 0 Å². The van der Waals surface area contributed by atoms with E-state index in [2.05, 4.69) is 0 Å². The van der Waals surface area contributed by atoms with Gasteiger partial charge < -0.3 is 4.74 Å². The third-order valence-electron chi connectivity index (χ3n) is 0.932. The molecule has 0 amide bonds. The number of esters is 1. The molecule has 0 rings (SSSR count). The second kappa shape index (κ2) is 5.86. The molecule has 0 spiro atoms. The van der Waals surface area contributed by atoms with Gasteiger partial charge in [0.25, 0.3) is 0 Å². The summed E-state index contributed by atoms with van der Waals surface area (Å²) in [5, 5.41) is 0.289. The predicted octanol–water partition coefficient (Wildman–Crippen LogP) is 1.87. The van der Waals surface area contributed by atoms with E-state index in [9.17, 15) is 4.79 Å². The minimum atomic E-state index is -0.187. The number of hydrogen-bond donors (Lipinski definition) is 0. The summed E-state index contributed by atoms with van der Waals surface area (Å²) in [4.78, 5) is 10.8. The highest BCUT2D eigenvalue weighted by atomic mass is 35.5. The molecule has 1 atom stereocenters. The third-order valence-corrected chi connectivity index (χ3v) is 2.13. The Kier molecular flexibility index (Phi) is 5.93. The van der Waals surface area contributed by atoms with E-state index in [1.807, 2.05) is 0 Å². The number of hydrogen-bond acceptors (Lipinski definition) is 3. The molecule has 0 aromatic carbocycles. The second-order valence-electron chi connectivity index (χ2n) is 1.67. The zero-order chi connectivity index (χ0) is 7.98. The number of halogens is 1. The van der Waals surface area contributed by atoms with Gasteiger partial charge in [-0.3, -0.25) is 4.79 Å². The first-order chi connectivity index (χ1) is 4.72. The Morgan fingerprint density at radius 2 is 2.40 bits per heavy atom. The summed E-state index contributed by atoms with van der Waals surface area (Å²) in [7, 11) is 0. The highest BCUT2D eigenvalue weighted by Crippen LogP contribution is 2.12. The maximum Gasteiger partial charge on any atom is 0.318 e. The van der Waals surface area contributed by atoms with Crippen LogP contribution in [-0.4, -0.2) is 23.0 Å². The van der Waals surface area contributed by atoms with Gasteiger partial charge in [-0.15, -0.1) is 23.4 Å². The van der Waals surface area contributed by atoms with Gasteiger partial charge in [-0.25, -0.2) is 0 Å². The third kappa shape index (κ3) is 4.01. The SMILES string of the molecule is CCOC(=O)C(C)SCCl. The summed E-state index contributed by atoms with van der Waals surface area (Å²) in [5.41, 5.74) is 0. The maximum absolute atomic E-state index is 10.8. The van der Waals surface area contributed by atoms with Crippen molar-refractivity contribution in [3.8, 4) is 0 Å². The molecule has 0 radical (unpaired) electrons. The topological polar surface area (TPSA) is 26.3 Å². The van der Waals surface area contributed by atoms with E-state index in [1.165, 1.54) is 11.8 Å².